The fraction of sp³-hybridized carbons (Fsp3) is 0.550. The van der Waals surface area contributed by atoms with E-state index in [2.05, 4.69) is 0 Å². The maximum absolute atomic E-state index is 13.1. The fourth-order valence-corrected chi connectivity index (χ4v) is 6.13. The molecule has 27 heavy (non-hydrogen) atoms. The minimum atomic E-state index is -0.944. The van der Waals surface area contributed by atoms with Crippen LogP contribution in [0, 0.1) is 0 Å². The van der Waals surface area contributed by atoms with E-state index in [1.807, 2.05) is 37.3 Å². The molecule has 144 valence electrons. The maximum Gasteiger partial charge on any atom is 0.314 e. The molecule has 0 aromatic heterocycles. The molecule has 6 nitrogen and oxygen atoms in total. The van der Waals surface area contributed by atoms with Crippen LogP contribution in [-0.4, -0.2) is 62.4 Å². The predicted molar refractivity (Wildman–Crippen MR) is 102 cm³/mol. The second-order valence-electron chi connectivity index (χ2n) is 7.84. The van der Waals surface area contributed by atoms with Gasteiger partial charge in [-0.3, -0.25) is 14.4 Å². The zero-order chi connectivity index (χ0) is 19.2. The van der Waals surface area contributed by atoms with Crippen LogP contribution >= 0.6 is 11.8 Å². The molecule has 0 aliphatic carbocycles. The Morgan fingerprint density at radius 1 is 1.15 bits per heavy atom. The molecule has 0 bridgehead atoms. The molecule has 7 heteroatoms. The van der Waals surface area contributed by atoms with E-state index in [0.717, 1.165) is 12.0 Å². The molecule has 1 aromatic carbocycles. The second-order valence-corrected chi connectivity index (χ2v) is 9.35. The van der Waals surface area contributed by atoms with Crippen LogP contribution in [0.1, 0.15) is 38.2 Å². The summed E-state index contributed by atoms with van der Waals surface area (Å²) in [6.45, 7) is 2.84. The molecule has 1 aromatic rings. The van der Waals surface area contributed by atoms with E-state index in [9.17, 15) is 19.5 Å². The van der Waals surface area contributed by atoms with Crippen molar-refractivity contribution in [3.63, 3.8) is 0 Å². The van der Waals surface area contributed by atoms with Crippen LogP contribution in [0.25, 0.3) is 0 Å². The van der Waals surface area contributed by atoms with E-state index in [1.54, 1.807) is 21.6 Å². The van der Waals surface area contributed by atoms with Gasteiger partial charge in [-0.25, -0.2) is 0 Å². The van der Waals surface area contributed by atoms with E-state index >= 15 is 0 Å². The molecule has 3 fully saturated rings. The Hall–Kier alpha value is -2.02. The maximum atomic E-state index is 13.1. The van der Waals surface area contributed by atoms with Crippen LogP contribution in [0.2, 0.25) is 0 Å². The summed E-state index contributed by atoms with van der Waals surface area (Å²) < 4.78 is 0. The average Bonchev–Trinajstić information content (AvgIpc) is 3.18. The summed E-state index contributed by atoms with van der Waals surface area (Å²) in [6, 6.07) is 8.88. The van der Waals surface area contributed by atoms with Gasteiger partial charge in [-0.2, -0.15) is 0 Å². The summed E-state index contributed by atoms with van der Waals surface area (Å²) in [6.07, 6.45) is 2.08. The number of rotatable bonds is 3. The number of carbonyl (C=O) groups excluding carboxylic acids is 2. The van der Waals surface area contributed by atoms with Gasteiger partial charge in [-0.1, -0.05) is 30.3 Å². The first-order valence-electron chi connectivity index (χ1n) is 9.41. The molecule has 3 saturated heterocycles. The standard InChI is InChI=1S/C20H24N2O4S/c1-19-8-7-16(23)22(19)15(13-27-19)17(24)21-11-9-20(10-12-21,18(25)26)14-5-3-2-4-6-14/h2-6,15H,7-13H2,1H3,(H,25,26). The van der Waals surface area contributed by atoms with Crippen molar-refractivity contribution >= 4 is 29.5 Å². The van der Waals surface area contributed by atoms with Gasteiger partial charge in [0.25, 0.3) is 0 Å². The number of likely N-dealkylation sites (tertiary alicyclic amines) is 1. The topological polar surface area (TPSA) is 77.9 Å². The van der Waals surface area contributed by atoms with Crippen molar-refractivity contribution < 1.29 is 19.5 Å². The Balaban J connectivity index is 1.50. The average molecular weight is 388 g/mol. The Bertz CT molecular complexity index is 775. The normalized spacial score (nSPS) is 29.7. The van der Waals surface area contributed by atoms with Gasteiger partial charge in [-0.15, -0.1) is 11.8 Å². The number of thioether (sulfide) groups is 1. The lowest BCUT2D eigenvalue weighted by atomic mass is 9.72. The van der Waals surface area contributed by atoms with Crippen LogP contribution in [-0.2, 0) is 19.8 Å². The zero-order valence-corrected chi connectivity index (χ0v) is 16.2. The largest absolute Gasteiger partial charge is 0.481 e. The highest BCUT2D eigenvalue weighted by Crippen LogP contribution is 2.48. The summed E-state index contributed by atoms with van der Waals surface area (Å²) in [5.41, 5.74) is -0.149. The third-order valence-corrected chi connectivity index (χ3v) is 7.90. The number of fused-ring (bicyclic) bond motifs is 1. The highest BCUT2D eigenvalue weighted by atomic mass is 32.2. The van der Waals surface area contributed by atoms with Crippen molar-refractivity contribution in [2.45, 2.75) is 48.9 Å². The van der Waals surface area contributed by atoms with E-state index in [0.29, 0.717) is 38.1 Å². The second kappa shape index (κ2) is 6.55. The summed E-state index contributed by atoms with van der Waals surface area (Å²) in [5.74, 6) is -0.185. The van der Waals surface area contributed by atoms with Gasteiger partial charge in [0, 0.05) is 25.3 Å². The van der Waals surface area contributed by atoms with Crippen molar-refractivity contribution in [1.82, 2.24) is 9.80 Å². The third kappa shape index (κ3) is 2.83. The first kappa shape index (κ1) is 18.3. The number of carboxylic acids is 1. The molecule has 1 N–H and O–H groups in total. The van der Waals surface area contributed by atoms with Gasteiger partial charge in [0.15, 0.2) is 0 Å². The minimum absolute atomic E-state index is 0.0338. The van der Waals surface area contributed by atoms with Gasteiger partial charge in [0.05, 0.1) is 10.3 Å². The van der Waals surface area contributed by atoms with Crippen LogP contribution in [0.4, 0.5) is 0 Å². The summed E-state index contributed by atoms with van der Waals surface area (Å²) in [5, 5.41) is 9.91. The number of aliphatic carboxylic acids is 1. The Kier molecular flexibility index (Phi) is 4.45. The van der Waals surface area contributed by atoms with Crippen molar-refractivity contribution in [2.75, 3.05) is 18.8 Å². The zero-order valence-electron chi connectivity index (χ0n) is 15.4. The molecule has 2 amide bonds. The number of hydrogen-bond acceptors (Lipinski definition) is 4. The van der Waals surface area contributed by atoms with Crippen molar-refractivity contribution in [2.24, 2.45) is 0 Å². The van der Waals surface area contributed by atoms with Crippen LogP contribution < -0.4 is 0 Å². The van der Waals surface area contributed by atoms with Crippen molar-refractivity contribution in [3.8, 4) is 0 Å². The molecule has 3 aliphatic heterocycles. The Labute approximate surface area is 162 Å². The van der Waals surface area contributed by atoms with Gasteiger partial charge in [0.1, 0.15) is 6.04 Å². The number of nitrogens with zero attached hydrogens (tertiary/aromatic N) is 2. The summed E-state index contributed by atoms with van der Waals surface area (Å²) in [7, 11) is 0. The molecular weight excluding hydrogens is 364 g/mol. The fourth-order valence-electron chi connectivity index (χ4n) is 4.71. The Morgan fingerprint density at radius 2 is 1.81 bits per heavy atom. The molecule has 3 heterocycles. The number of carbonyl (C=O) groups is 3. The number of hydrogen-bond donors (Lipinski definition) is 1. The molecule has 3 aliphatic rings. The molecular formula is C20H24N2O4S. The molecule has 0 spiro atoms. The first-order chi connectivity index (χ1) is 12.9. The molecule has 2 unspecified atom stereocenters. The lowest BCUT2D eigenvalue weighted by Gasteiger charge is -2.41. The smallest absolute Gasteiger partial charge is 0.314 e. The summed E-state index contributed by atoms with van der Waals surface area (Å²) in [4.78, 5) is 40.8. The van der Waals surface area contributed by atoms with Gasteiger partial charge in [0.2, 0.25) is 11.8 Å². The van der Waals surface area contributed by atoms with Gasteiger partial charge < -0.3 is 14.9 Å². The minimum Gasteiger partial charge on any atom is -0.481 e. The number of amides is 2. The SMILES string of the molecule is CC12CCC(=O)N1C(C(=O)N1CCC(C(=O)O)(c3ccccc3)CC1)CS2. The molecule has 4 rings (SSSR count). The van der Waals surface area contributed by atoms with Gasteiger partial charge >= 0.3 is 5.97 Å². The van der Waals surface area contributed by atoms with E-state index in [-0.39, 0.29) is 16.7 Å². The summed E-state index contributed by atoms with van der Waals surface area (Å²) >= 11 is 1.68. The quantitative estimate of drug-likeness (QED) is 0.858. The predicted octanol–water partition coefficient (Wildman–Crippen LogP) is 2.09. The molecule has 0 saturated carbocycles. The van der Waals surface area contributed by atoms with Gasteiger partial charge in [-0.05, 0) is 31.7 Å². The lowest BCUT2D eigenvalue weighted by molar-refractivity contribution is -0.150. The van der Waals surface area contributed by atoms with Crippen molar-refractivity contribution in [1.29, 1.82) is 0 Å². The van der Waals surface area contributed by atoms with E-state index < -0.39 is 17.4 Å². The van der Waals surface area contributed by atoms with E-state index in [1.165, 1.54) is 0 Å². The third-order valence-electron chi connectivity index (χ3n) is 6.39. The number of benzene rings is 1. The van der Waals surface area contributed by atoms with Crippen LogP contribution in [0.5, 0.6) is 0 Å². The van der Waals surface area contributed by atoms with Crippen LogP contribution in [0.15, 0.2) is 30.3 Å². The Morgan fingerprint density at radius 3 is 2.44 bits per heavy atom. The number of carboxylic acid groups (broad SMARTS) is 1. The lowest BCUT2D eigenvalue weighted by Crippen LogP contribution is -2.55. The molecule has 0 radical (unpaired) electrons. The highest BCUT2D eigenvalue weighted by molar-refractivity contribution is 8.01. The monoisotopic (exact) mass is 388 g/mol. The molecule has 2 atom stereocenters. The van der Waals surface area contributed by atoms with E-state index in [4.69, 9.17) is 0 Å². The first-order valence-corrected chi connectivity index (χ1v) is 10.4. The number of piperidine rings is 1. The highest BCUT2D eigenvalue weighted by Gasteiger charge is 2.54. The van der Waals surface area contributed by atoms with Crippen molar-refractivity contribution in [3.05, 3.63) is 35.9 Å². The van der Waals surface area contributed by atoms with Crippen LogP contribution in [0.3, 0.4) is 0 Å².